The van der Waals surface area contributed by atoms with E-state index in [0.29, 0.717) is 6.04 Å². The van der Waals surface area contributed by atoms with Crippen LogP contribution >= 0.6 is 0 Å². The molecule has 2 heteroatoms. The van der Waals surface area contributed by atoms with Gasteiger partial charge in [0.1, 0.15) is 11.8 Å². The fourth-order valence-electron chi connectivity index (χ4n) is 1.65. The van der Waals surface area contributed by atoms with Crippen molar-refractivity contribution in [3.05, 3.63) is 11.8 Å². The van der Waals surface area contributed by atoms with Gasteiger partial charge in [0.15, 0.2) is 0 Å². The zero-order valence-electron chi connectivity index (χ0n) is 7.64. The zero-order chi connectivity index (χ0) is 8.81. The average molecular weight is 164 g/mol. The summed E-state index contributed by atoms with van der Waals surface area (Å²) in [6, 6.07) is 2.69. The van der Waals surface area contributed by atoms with E-state index in [1.54, 1.807) is 0 Å². The molecule has 1 N–H and O–H groups in total. The van der Waals surface area contributed by atoms with Crippen molar-refractivity contribution >= 4 is 0 Å². The van der Waals surface area contributed by atoms with Crippen LogP contribution in [-0.4, -0.2) is 6.04 Å². The molecular formula is C10H16N2. The molecule has 66 valence electrons. The lowest BCUT2D eigenvalue weighted by Gasteiger charge is -2.22. The molecule has 1 fully saturated rings. The Balaban J connectivity index is 2.34. The van der Waals surface area contributed by atoms with Crippen molar-refractivity contribution in [3.63, 3.8) is 0 Å². The number of nitrogens with zero attached hydrogens (tertiary/aromatic N) is 1. The van der Waals surface area contributed by atoms with Gasteiger partial charge in [-0.05, 0) is 19.8 Å². The highest BCUT2D eigenvalue weighted by Gasteiger charge is 2.12. The van der Waals surface area contributed by atoms with Crippen LogP contribution in [0.25, 0.3) is 0 Å². The van der Waals surface area contributed by atoms with Crippen LogP contribution in [0, 0.1) is 11.3 Å². The van der Waals surface area contributed by atoms with Crippen LogP contribution < -0.4 is 5.32 Å². The van der Waals surface area contributed by atoms with Crippen molar-refractivity contribution in [2.75, 3.05) is 0 Å². The van der Waals surface area contributed by atoms with E-state index in [1.807, 2.05) is 13.0 Å². The first kappa shape index (κ1) is 9.12. The van der Waals surface area contributed by atoms with Crippen LogP contribution in [0.3, 0.4) is 0 Å². The molecule has 1 rings (SSSR count). The fourth-order valence-corrected chi connectivity index (χ4v) is 1.65. The molecular weight excluding hydrogens is 148 g/mol. The zero-order valence-corrected chi connectivity index (χ0v) is 7.64. The Morgan fingerprint density at radius 3 is 2.58 bits per heavy atom. The lowest BCUT2D eigenvalue weighted by atomic mass is 9.95. The molecule has 2 nitrogen and oxygen atoms in total. The summed E-state index contributed by atoms with van der Waals surface area (Å²) in [5, 5.41) is 11.9. The van der Waals surface area contributed by atoms with E-state index in [0.717, 1.165) is 5.70 Å². The predicted octanol–water partition coefficient (Wildman–Crippen LogP) is 2.34. The molecule has 0 bridgehead atoms. The standard InChI is InChI=1S/C10H16N2/c1-2-9(8-11)12-10-6-4-3-5-7-10/h2,10,12H,3-7H2,1H3/b9-2+. The Labute approximate surface area is 74.3 Å². The minimum Gasteiger partial charge on any atom is -0.374 e. The first-order valence-corrected chi connectivity index (χ1v) is 4.69. The number of hydrogen-bond donors (Lipinski definition) is 1. The van der Waals surface area contributed by atoms with Crippen LogP contribution in [0.4, 0.5) is 0 Å². The minimum absolute atomic E-state index is 0.546. The van der Waals surface area contributed by atoms with E-state index in [9.17, 15) is 0 Å². The summed E-state index contributed by atoms with van der Waals surface area (Å²) in [5.74, 6) is 0. The van der Waals surface area contributed by atoms with E-state index in [2.05, 4.69) is 11.4 Å². The monoisotopic (exact) mass is 164 g/mol. The maximum Gasteiger partial charge on any atom is 0.117 e. The largest absolute Gasteiger partial charge is 0.374 e. The number of nitrogens with one attached hydrogen (secondary N) is 1. The van der Waals surface area contributed by atoms with E-state index >= 15 is 0 Å². The second kappa shape index (κ2) is 4.82. The lowest BCUT2D eigenvalue weighted by Crippen LogP contribution is -2.29. The highest BCUT2D eigenvalue weighted by atomic mass is 14.9. The molecule has 1 saturated carbocycles. The molecule has 0 radical (unpaired) electrons. The molecule has 0 amide bonds. The molecule has 0 atom stereocenters. The summed E-state index contributed by atoms with van der Waals surface area (Å²) in [5.41, 5.74) is 0.724. The highest BCUT2D eigenvalue weighted by molar-refractivity contribution is 5.18. The fraction of sp³-hybridized carbons (Fsp3) is 0.700. The summed E-state index contributed by atoms with van der Waals surface area (Å²) in [7, 11) is 0. The van der Waals surface area contributed by atoms with Gasteiger partial charge in [-0.25, -0.2) is 0 Å². The van der Waals surface area contributed by atoms with E-state index in [-0.39, 0.29) is 0 Å². The number of rotatable bonds is 2. The van der Waals surface area contributed by atoms with Crippen molar-refractivity contribution in [2.24, 2.45) is 0 Å². The Morgan fingerprint density at radius 2 is 2.08 bits per heavy atom. The van der Waals surface area contributed by atoms with Gasteiger partial charge >= 0.3 is 0 Å². The third-order valence-electron chi connectivity index (χ3n) is 2.37. The maximum absolute atomic E-state index is 8.68. The molecule has 0 aromatic carbocycles. The quantitative estimate of drug-likeness (QED) is 0.636. The first-order chi connectivity index (χ1) is 5.86. The molecule has 12 heavy (non-hydrogen) atoms. The van der Waals surface area contributed by atoms with Crippen LogP contribution in [0.15, 0.2) is 11.8 Å². The van der Waals surface area contributed by atoms with Crippen LogP contribution in [-0.2, 0) is 0 Å². The Kier molecular flexibility index (Phi) is 3.66. The van der Waals surface area contributed by atoms with Crippen molar-refractivity contribution in [2.45, 2.75) is 45.1 Å². The Hall–Kier alpha value is -0.970. The van der Waals surface area contributed by atoms with E-state index in [1.165, 1.54) is 32.1 Å². The van der Waals surface area contributed by atoms with Gasteiger partial charge in [-0.15, -0.1) is 0 Å². The molecule has 0 heterocycles. The predicted molar refractivity (Wildman–Crippen MR) is 49.4 cm³/mol. The minimum atomic E-state index is 0.546. The SMILES string of the molecule is C/C=C(\C#N)NC1CCCCC1. The summed E-state index contributed by atoms with van der Waals surface area (Å²) in [4.78, 5) is 0. The summed E-state index contributed by atoms with van der Waals surface area (Å²) in [6.45, 7) is 1.90. The number of nitriles is 1. The average Bonchev–Trinajstić information content (AvgIpc) is 2.16. The molecule has 0 aliphatic heterocycles. The first-order valence-electron chi connectivity index (χ1n) is 4.69. The second-order valence-electron chi connectivity index (χ2n) is 3.29. The van der Waals surface area contributed by atoms with Gasteiger partial charge in [-0.3, -0.25) is 0 Å². The molecule has 0 unspecified atom stereocenters. The van der Waals surface area contributed by atoms with Crippen molar-refractivity contribution < 1.29 is 0 Å². The van der Waals surface area contributed by atoms with Crippen molar-refractivity contribution in [3.8, 4) is 6.07 Å². The van der Waals surface area contributed by atoms with Gasteiger partial charge in [0.2, 0.25) is 0 Å². The van der Waals surface area contributed by atoms with Gasteiger partial charge in [0.05, 0.1) is 0 Å². The third-order valence-corrected chi connectivity index (χ3v) is 2.37. The molecule has 1 aliphatic carbocycles. The van der Waals surface area contributed by atoms with Crippen LogP contribution in [0.2, 0.25) is 0 Å². The topological polar surface area (TPSA) is 35.8 Å². The van der Waals surface area contributed by atoms with Gasteiger partial charge < -0.3 is 5.32 Å². The van der Waals surface area contributed by atoms with Gasteiger partial charge in [0, 0.05) is 6.04 Å². The van der Waals surface area contributed by atoms with Crippen LogP contribution in [0.5, 0.6) is 0 Å². The van der Waals surface area contributed by atoms with Crippen molar-refractivity contribution in [1.29, 1.82) is 5.26 Å². The third kappa shape index (κ3) is 2.58. The second-order valence-corrected chi connectivity index (χ2v) is 3.29. The molecule has 0 spiro atoms. The van der Waals surface area contributed by atoms with E-state index < -0.39 is 0 Å². The maximum atomic E-state index is 8.68. The summed E-state index contributed by atoms with van der Waals surface area (Å²) >= 11 is 0. The lowest BCUT2D eigenvalue weighted by molar-refractivity contribution is 0.399. The van der Waals surface area contributed by atoms with Gasteiger partial charge in [0.25, 0.3) is 0 Å². The summed E-state index contributed by atoms with van der Waals surface area (Å²) in [6.07, 6.45) is 8.25. The normalized spacial score (nSPS) is 20.2. The number of hydrogen-bond acceptors (Lipinski definition) is 2. The highest BCUT2D eigenvalue weighted by Crippen LogP contribution is 2.17. The van der Waals surface area contributed by atoms with Gasteiger partial charge in [-0.1, -0.05) is 25.3 Å². The molecule has 0 saturated heterocycles. The van der Waals surface area contributed by atoms with Crippen molar-refractivity contribution in [1.82, 2.24) is 5.32 Å². The Morgan fingerprint density at radius 1 is 1.42 bits per heavy atom. The molecule has 1 aliphatic rings. The molecule has 0 aromatic rings. The van der Waals surface area contributed by atoms with Gasteiger partial charge in [-0.2, -0.15) is 5.26 Å². The van der Waals surface area contributed by atoms with E-state index in [4.69, 9.17) is 5.26 Å². The van der Waals surface area contributed by atoms with Crippen LogP contribution in [0.1, 0.15) is 39.0 Å². The smallest absolute Gasteiger partial charge is 0.117 e. The molecule has 0 aromatic heterocycles. The summed E-state index contributed by atoms with van der Waals surface area (Å²) < 4.78 is 0. The Bertz CT molecular complexity index is 194. The number of allylic oxidation sites excluding steroid dienone is 2.